The van der Waals surface area contributed by atoms with Crippen LogP contribution >= 0.6 is 15.9 Å². The van der Waals surface area contributed by atoms with Gasteiger partial charge in [0.15, 0.2) is 0 Å². The van der Waals surface area contributed by atoms with E-state index >= 15 is 0 Å². The monoisotopic (exact) mass is 658 g/mol. The van der Waals surface area contributed by atoms with E-state index in [1.54, 1.807) is 0 Å². The molecule has 0 atom stereocenters. The molecule has 5 aromatic carbocycles. The van der Waals surface area contributed by atoms with E-state index in [0.717, 1.165) is 0 Å². The van der Waals surface area contributed by atoms with Crippen LogP contribution in [-0.4, -0.2) is 12.4 Å². The van der Waals surface area contributed by atoms with Gasteiger partial charge >= 0.3 is 30.2 Å². The minimum Gasteiger partial charge on any atom is -0.184 e. The Bertz CT molecular complexity index is 964. The van der Waals surface area contributed by atoms with Crippen LogP contribution in [0.4, 0.5) is 0 Å². The third-order valence-corrected chi connectivity index (χ3v) is 4.35. The molecular weight excluding hydrogens is 622 g/mol. The predicted molar refractivity (Wildman–Crippen MR) is 170 cm³/mol. The van der Waals surface area contributed by atoms with Gasteiger partial charge in [-0.3, -0.25) is 0 Å². The second-order valence-corrected chi connectivity index (χ2v) is 9.11. The van der Waals surface area contributed by atoms with Crippen molar-refractivity contribution in [3.8, 4) is 0 Å². The fourth-order valence-corrected chi connectivity index (χ4v) is 2.87. The van der Waals surface area contributed by atoms with Crippen LogP contribution in [0.1, 0.15) is 26.3 Å². The molecule has 0 saturated heterocycles. The normalized spacial score (nSPS) is 8.55. The summed E-state index contributed by atoms with van der Waals surface area (Å²) < 4.78 is 1.18. The molecule has 0 aliphatic heterocycles. The molecular formula is C34H39BrNSiZr-7. The molecule has 0 spiro atoms. The van der Waals surface area contributed by atoms with E-state index in [-0.39, 0.29) is 20.4 Å². The van der Waals surface area contributed by atoms with Gasteiger partial charge in [-0.05, 0) is 4.47 Å². The van der Waals surface area contributed by atoms with Gasteiger partial charge in [-0.2, -0.15) is 115 Å². The molecule has 38 heavy (non-hydrogen) atoms. The molecule has 0 heterocycles. The van der Waals surface area contributed by atoms with Crippen molar-refractivity contribution in [2.45, 2.75) is 33.2 Å². The third-order valence-electron chi connectivity index (χ3n) is 3.66. The third kappa shape index (κ3) is 25.7. The molecule has 2 radical (unpaired) electrons. The Morgan fingerprint density at radius 2 is 1.05 bits per heavy atom. The first-order valence-electron chi connectivity index (χ1n) is 11.3. The van der Waals surface area contributed by atoms with Gasteiger partial charge in [-0.1, -0.05) is 49.7 Å². The van der Waals surface area contributed by atoms with E-state index in [0.29, 0.717) is 0 Å². The Morgan fingerprint density at radius 1 is 0.711 bits per heavy atom. The molecule has 5 aromatic rings. The molecule has 0 aromatic heterocycles. The summed E-state index contributed by atoms with van der Waals surface area (Å²) >= 11 is 4.87. The zero-order valence-corrected chi connectivity index (χ0v) is 28.5. The molecule has 0 saturated carbocycles. The first-order valence-corrected chi connectivity index (χ1v) is 16.3. The number of fused-ring (bicyclic) bond motifs is 1. The number of rotatable bonds is 0. The van der Waals surface area contributed by atoms with Crippen molar-refractivity contribution in [2.75, 3.05) is 0 Å². The number of halogens is 1. The molecule has 0 amide bonds. The Balaban J connectivity index is -0.000000405. The zero-order valence-electron chi connectivity index (χ0n) is 23.4. The quantitative estimate of drug-likeness (QED) is 0.117. The maximum atomic E-state index is 6.94. The topological polar surface area (TPSA) is 23.8 Å². The fraction of sp³-hybridized carbons (Fsp3) is 0.147. The molecule has 0 aliphatic rings. The Kier molecular flexibility index (Phi) is 28.4. The van der Waals surface area contributed by atoms with Crippen molar-refractivity contribution >= 4 is 33.6 Å². The maximum Gasteiger partial charge on any atom is -0.171 e. The summed E-state index contributed by atoms with van der Waals surface area (Å²) in [6.45, 7) is 10.7. The summed E-state index contributed by atoms with van der Waals surface area (Å²) in [6, 6.07) is 48.2. The molecule has 202 valence electrons. The average molecular weight is 661 g/mol. The first kappa shape index (κ1) is 40.5. The maximum absolute atomic E-state index is 6.94. The number of hydrogen-bond donors (Lipinski definition) is 0. The summed E-state index contributed by atoms with van der Waals surface area (Å²) in [6.07, 6.45) is 0. The van der Waals surface area contributed by atoms with Gasteiger partial charge in [0, 0.05) is 0 Å². The van der Waals surface area contributed by atoms with Crippen LogP contribution in [0.2, 0.25) is 0 Å². The van der Waals surface area contributed by atoms with Crippen molar-refractivity contribution < 1.29 is 23.3 Å². The van der Waals surface area contributed by atoms with Gasteiger partial charge < -0.3 is 20.6 Å². The summed E-state index contributed by atoms with van der Waals surface area (Å²) in [5.74, 6) is 0. The van der Waals surface area contributed by atoms with E-state index < -0.39 is 0 Å². The van der Waals surface area contributed by atoms with Crippen molar-refractivity contribution in [1.82, 2.24) is 0 Å². The van der Waals surface area contributed by atoms with Crippen LogP contribution in [0.3, 0.4) is 0 Å². The molecule has 1 nitrogen and oxygen atoms in total. The fourth-order valence-electron chi connectivity index (χ4n) is 2.37. The average Bonchev–Trinajstić information content (AvgIpc) is 3.30. The molecule has 4 heteroatoms. The second-order valence-electron chi connectivity index (χ2n) is 8.26. The summed E-state index contributed by atoms with van der Waals surface area (Å²) in [5, 5.41) is 2.63. The van der Waals surface area contributed by atoms with Gasteiger partial charge in [0.1, 0.15) is 0 Å². The van der Waals surface area contributed by atoms with Crippen molar-refractivity contribution in [2.24, 2.45) is 0 Å². The summed E-state index contributed by atoms with van der Waals surface area (Å²) in [4.78, 5) is 0. The van der Waals surface area contributed by atoms with Crippen molar-refractivity contribution in [3.63, 3.8) is 0 Å². The van der Waals surface area contributed by atoms with Gasteiger partial charge in [0.05, 0.1) is 0 Å². The number of nitrogens with one attached hydrogen (secondary N) is 1. The van der Waals surface area contributed by atoms with Crippen molar-refractivity contribution in [3.05, 3.63) is 170 Å². The Labute approximate surface area is 258 Å². The Morgan fingerprint density at radius 3 is 1.29 bits per heavy atom. The van der Waals surface area contributed by atoms with E-state index in [2.05, 4.69) is 78.3 Å². The Hall–Kier alpha value is -1.97. The largest absolute Gasteiger partial charge is 0.184 e. The van der Waals surface area contributed by atoms with Gasteiger partial charge in [0.25, 0.3) is 0 Å². The van der Waals surface area contributed by atoms with Crippen LogP contribution in [0, 0.1) is 40.0 Å². The SMILES string of the molecule is CC(C)(C)[NH-].Cc1cc2c(Br)cccc2[cH-]1.[CH3-].[CH3-].[Si]=[Zr].[c-]1ccccc1.[c-]1ccccc1.[c-]1ccccc1. The van der Waals surface area contributed by atoms with Crippen LogP contribution < -0.4 is 0 Å². The van der Waals surface area contributed by atoms with E-state index in [9.17, 15) is 0 Å². The number of hydrogen-bond acceptors (Lipinski definition) is 0. The van der Waals surface area contributed by atoms with Crippen LogP contribution in [0.25, 0.3) is 16.5 Å². The minimum absolute atomic E-state index is 0. The second kappa shape index (κ2) is 26.6. The summed E-state index contributed by atoms with van der Waals surface area (Å²) in [7, 11) is 0. The van der Waals surface area contributed by atoms with Gasteiger partial charge in [-0.15, -0.1) is 40.1 Å². The molecule has 0 aliphatic carbocycles. The number of aryl methyl sites for hydroxylation is 1. The van der Waals surface area contributed by atoms with Gasteiger partial charge in [0.2, 0.25) is 0 Å². The number of benzene rings is 4. The molecule has 1 N–H and O–H groups in total. The first-order chi connectivity index (χ1) is 17.3. The van der Waals surface area contributed by atoms with Crippen molar-refractivity contribution in [1.29, 1.82) is 0 Å². The van der Waals surface area contributed by atoms with E-state index in [1.165, 1.54) is 44.1 Å². The van der Waals surface area contributed by atoms with Crippen LogP contribution in [-0.2, 0) is 23.3 Å². The smallest absolute Gasteiger partial charge is 0.171 e. The molecule has 0 fully saturated rings. The minimum atomic E-state index is -0.250. The van der Waals surface area contributed by atoms with Crippen LogP contribution in [0.15, 0.2) is 126 Å². The molecule has 5 rings (SSSR count). The molecule has 0 unspecified atom stereocenters. The standard InChI is InChI=1S/C10H8Br.3C6H5.C4H10N.2CH3.Si.Zr/c1-7-5-8-3-2-4-10(11)9(8)6-7;3*1-2-4-6-5-3-1;1-4(2,3)5;;;;/h2-6H,1H3;3*1-5H;5H,1-3H3;2*1H3;;/q7*-1;;. The molecule has 0 bridgehead atoms. The predicted octanol–water partition coefficient (Wildman–Crippen LogP) is 10.4. The van der Waals surface area contributed by atoms with Crippen LogP contribution in [0.5, 0.6) is 0 Å². The van der Waals surface area contributed by atoms with E-state index in [4.69, 9.17) is 5.73 Å². The van der Waals surface area contributed by atoms with E-state index in [1.807, 2.05) is 112 Å². The zero-order chi connectivity index (χ0) is 27.1. The summed E-state index contributed by atoms with van der Waals surface area (Å²) in [5.41, 5.74) is 8.01. The van der Waals surface area contributed by atoms with Gasteiger partial charge in [-0.25, -0.2) is 0 Å².